The van der Waals surface area contributed by atoms with Crippen molar-refractivity contribution in [3.05, 3.63) is 66.0 Å². The van der Waals surface area contributed by atoms with E-state index in [1.807, 2.05) is 30.3 Å². The second kappa shape index (κ2) is 8.51. The van der Waals surface area contributed by atoms with Gasteiger partial charge in [0.1, 0.15) is 12.3 Å². The van der Waals surface area contributed by atoms with Crippen molar-refractivity contribution < 1.29 is 14.3 Å². The molecule has 29 heavy (non-hydrogen) atoms. The second-order valence-electron chi connectivity index (χ2n) is 6.71. The monoisotopic (exact) mass is 392 g/mol. The SMILES string of the molecule is O=C(Cn1nnc(COc2ccccc2)n1)Nc1cccc(C(=O)NC2CC2)c1. The van der Waals surface area contributed by atoms with Crippen LogP contribution in [0.1, 0.15) is 29.0 Å². The van der Waals surface area contributed by atoms with Crippen molar-refractivity contribution in [2.45, 2.75) is 32.0 Å². The lowest BCUT2D eigenvalue weighted by molar-refractivity contribution is -0.117. The molecule has 0 aliphatic heterocycles. The van der Waals surface area contributed by atoms with Gasteiger partial charge in [-0.25, -0.2) is 0 Å². The van der Waals surface area contributed by atoms with Crippen molar-refractivity contribution in [2.75, 3.05) is 5.32 Å². The third-order valence-corrected chi connectivity index (χ3v) is 4.21. The first-order chi connectivity index (χ1) is 14.2. The normalized spacial score (nSPS) is 13.0. The summed E-state index contributed by atoms with van der Waals surface area (Å²) < 4.78 is 5.56. The van der Waals surface area contributed by atoms with E-state index in [1.165, 1.54) is 4.80 Å². The lowest BCUT2D eigenvalue weighted by atomic mass is 10.2. The van der Waals surface area contributed by atoms with E-state index in [0.29, 0.717) is 22.8 Å². The van der Waals surface area contributed by atoms with Crippen LogP contribution in [0.15, 0.2) is 54.6 Å². The van der Waals surface area contributed by atoms with Crippen molar-refractivity contribution in [3.63, 3.8) is 0 Å². The van der Waals surface area contributed by atoms with E-state index in [4.69, 9.17) is 4.74 Å². The zero-order chi connectivity index (χ0) is 20.1. The van der Waals surface area contributed by atoms with Crippen molar-refractivity contribution in [1.29, 1.82) is 0 Å². The van der Waals surface area contributed by atoms with E-state index in [1.54, 1.807) is 24.3 Å². The summed E-state index contributed by atoms with van der Waals surface area (Å²) in [4.78, 5) is 25.6. The highest BCUT2D eigenvalue weighted by molar-refractivity contribution is 5.97. The number of nitrogens with one attached hydrogen (secondary N) is 2. The smallest absolute Gasteiger partial charge is 0.251 e. The average molecular weight is 392 g/mol. The molecule has 1 saturated carbocycles. The van der Waals surface area contributed by atoms with Gasteiger partial charge in [-0.3, -0.25) is 9.59 Å². The summed E-state index contributed by atoms with van der Waals surface area (Å²) in [6.07, 6.45) is 2.04. The Kier molecular flexibility index (Phi) is 5.46. The Morgan fingerprint density at radius 3 is 2.72 bits per heavy atom. The molecule has 0 atom stereocenters. The molecular formula is C20H20N6O3. The molecule has 1 heterocycles. The minimum Gasteiger partial charge on any atom is -0.485 e. The fraction of sp³-hybridized carbons (Fsp3) is 0.250. The van der Waals surface area contributed by atoms with E-state index >= 15 is 0 Å². The number of anilines is 1. The summed E-state index contributed by atoms with van der Waals surface area (Å²) in [6.45, 7) is 0.0562. The lowest BCUT2D eigenvalue weighted by Gasteiger charge is -2.07. The molecule has 148 valence electrons. The molecule has 1 aromatic heterocycles. The molecule has 0 bridgehead atoms. The van der Waals surface area contributed by atoms with E-state index in [0.717, 1.165) is 12.8 Å². The summed E-state index contributed by atoms with van der Waals surface area (Å²) in [7, 11) is 0. The van der Waals surface area contributed by atoms with Crippen LogP contribution in [-0.4, -0.2) is 38.1 Å². The van der Waals surface area contributed by atoms with E-state index < -0.39 is 0 Å². The number of carbonyl (C=O) groups is 2. The Labute approximate surface area is 167 Å². The first-order valence-electron chi connectivity index (χ1n) is 9.31. The standard InChI is InChI=1S/C20H20N6O3/c27-19(21-16-6-4-5-14(11-16)20(28)22-15-9-10-15)12-26-24-18(23-25-26)13-29-17-7-2-1-3-8-17/h1-8,11,15H,9-10,12-13H2,(H,21,27)(H,22,28). The fourth-order valence-corrected chi connectivity index (χ4v) is 2.63. The van der Waals surface area contributed by atoms with Gasteiger partial charge in [-0.05, 0) is 48.4 Å². The molecule has 1 aliphatic carbocycles. The zero-order valence-corrected chi connectivity index (χ0v) is 15.6. The molecule has 4 rings (SSSR count). The van der Waals surface area contributed by atoms with E-state index in [-0.39, 0.29) is 31.0 Å². The van der Waals surface area contributed by atoms with Gasteiger partial charge in [0, 0.05) is 17.3 Å². The summed E-state index contributed by atoms with van der Waals surface area (Å²) in [6, 6.07) is 16.4. The highest BCUT2D eigenvalue weighted by atomic mass is 16.5. The molecule has 0 spiro atoms. The Hall–Kier alpha value is -3.75. The van der Waals surface area contributed by atoms with Crippen molar-refractivity contribution in [1.82, 2.24) is 25.5 Å². The molecule has 0 radical (unpaired) electrons. The molecule has 0 saturated heterocycles. The summed E-state index contributed by atoms with van der Waals surface area (Å²) in [5.74, 6) is 0.620. The van der Waals surface area contributed by atoms with Gasteiger partial charge in [-0.2, -0.15) is 4.80 Å². The molecule has 2 amide bonds. The molecule has 1 fully saturated rings. The molecule has 9 nitrogen and oxygen atoms in total. The predicted octanol–water partition coefficient (Wildman–Crippen LogP) is 1.78. The Bertz CT molecular complexity index is 1000. The van der Waals surface area contributed by atoms with Crippen LogP contribution >= 0.6 is 0 Å². The summed E-state index contributed by atoms with van der Waals surface area (Å²) in [5.41, 5.74) is 1.04. The first kappa shape index (κ1) is 18.6. The number of aromatic nitrogens is 4. The molecule has 2 aromatic carbocycles. The number of para-hydroxylation sites is 1. The van der Waals surface area contributed by atoms with Gasteiger partial charge < -0.3 is 15.4 Å². The maximum absolute atomic E-state index is 12.3. The highest BCUT2D eigenvalue weighted by Crippen LogP contribution is 2.20. The van der Waals surface area contributed by atoms with Crippen molar-refractivity contribution in [2.24, 2.45) is 0 Å². The van der Waals surface area contributed by atoms with Gasteiger partial charge in [0.05, 0.1) is 0 Å². The molecule has 1 aliphatic rings. The number of rotatable bonds is 8. The highest BCUT2D eigenvalue weighted by Gasteiger charge is 2.23. The molecular weight excluding hydrogens is 372 g/mol. The minimum atomic E-state index is -0.322. The number of carbonyl (C=O) groups excluding carboxylic acids is 2. The van der Waals surface area contributed by atoms with Gasteiger partial charge in [-0.15, -0.1) is 10.2 Å². The molecule has 2 N–H and O–H groups in total. The molecule has 9 heteroatoms. The number of ether oxygens (including phenoxy) is 1. The number of hydrogen-bond donors (Lipinski definition) is 2. The Morgan fingerprint density at radius 1 is 1.10 bits per heavy atom. The minimum absolute atomic E-state index is 0.100. The van der Waals surface area contributed by atoms with Crippen LogP contribution in [-0.2, 0) is 17.9 Å². The van der Waals surface area contributed by atoms with Crippen molar-refractivity contribution in [3.8, 4) is 5.75 Å². The summed E-state index contributed by atoms with van der Waals surface area (Å²) >= 11 is 0. The third kappa shape index (κ3) is 5.38. The first-order valence-corrected chi connectivity index (χ1v) is 9.31. The van der Waals surface area contributed by atoms with Gasteiger partial charge in [0.2, 0.25) is 11.7 Å². The van der Waals surface area contributed by atoms with Crippen molar-refractivity contribution >= 4 is 17.5 Å². The van der Waals surface area contributed by atoms with Gasteiger partial charge in [-0.1, -0.05) is 24.3 Å². The number of hydrogen-bond acceptors (Lipinski definition) is 6. The largest absolute Gasteiger partial charge is 0.485 e. The number of benzene rings is 2. The van der Waals surface area contributed by atoms with Crippen LogP contribution in [0.2, 0.25) is 0 Å². The maximum atomic E-state index is 12.3. The van der Waals surface area contributed by atoms with Crippen LogP contribution < -0.4 is 15.4 Å². The van der Waals surface area contributed by atoms with Gasteiger partial charge >= 0.3 is 0 Å². The second-order valence-corrected chi connectivity index (χ2v) is 6.71. The molecule has 3 aromatic rings. The Morgan fingerprint density at radius 2 is 1.93 bits per heavy atom. The van der Waals surface area contributed by atoms with E-state index in [2.05, 4.69) is 26.0 Å². The zero-order valence-electron chi connectivity index (χ0n) is 15.6. The summed E-state index contributed by atoms with van der Waals surface area (Å²) in [5, 5.41) is 17.6. The van der Waals surface area contributed by atoms with Gasteiger partial charge in [0.25, 0.3) is 5.91 Å². The number of amides is 2. The fourth-order valence-electron chi connectivity index (χ4n) is 2.63. The topological polar surface area (TPSA) is 111 Å². The van der Waals surface area contributed by atoms with Crippen LogP contribution in [0.25, 0.3) is 0 Å². The van der Waals surface area contributed by atoms with Crippen LogP contribution in [0.5, 0.6) is 5.75 Å². The molecule has 0 unspecified atom stereocenters. The van der Waals surface area contributed by atoms with Crippen LogP contribution in [0.4, 0.5) is 5.69 Å². The number of tetrazole rings is 1. The lowest BCUT2D eigenvalue weighted by Crippen LogP contribution is -2.25. The number of nitrogens with zero attached hydrogens (tertiary/aromatic N) is 4. The average Bonchev–Trinajstić information content (AvgIpc) is 3.43. The Balaban J connectivity index is 1.29. The van der Waals surface area contributed by atoms with Gasteiger partial charge in [0.15, 0.2) is 6.61 Å². The predicted molar refractivity (Wildman–Crippen MR) is 104 cm³/mol. The maximum Gasteiger partial charge on any atom is 0.251 e. The quantitative estimate of drug-likeness (QED) is 0.605. The van der Waals surface area contributed by atoms with Crippen LogP contribution in [0.3, 0.4) is 0 Å². The third-order valence-electron chi connectivity index (χ3n) is 4.21. The van der Waals surface area contributed by atoms with Crippen LogP contribution in [0, 0.1) is 0 Å². The van der Waals surface area contributed by atoms with E-state index in [9.17, 15) is 9.59 Å².